The van der Waals surface area contributed by atoms with Crippen molar-refractivity contribution in [2.75, 3.05) is 7.05 Å². The van der Waals surface area contributed by atoms with Gasteiger partial charge in [0.15, 0.2) is 0 Å². The number of rotatable bonds is 3. The van der Waals surface area contributed by atoms with Gasteiger partial charge in [-0.1, -0.05) is 0 Å². The Kier molecular flexibility index (Phi) is 3.39. The molecule has 1 nitrogen and oxygen atoms in total. The van der Waals surface area contributed by atoms with Gasteiger partial charge in [0.1, 0.15) is 0 Å². The fourth-order valence-corrected chi connectivity index (χ4v) is 5.38. The van der Waals surface area contributed by atoms with Crippen LogP contribution in [0.4, 0.5) is 0 Å². The highest BCUT2D eigenvalue weighted by Crippen LogP contribution is 2.38. The van der Waals surface area contributed by atoms with E-state index in [1.165, 1.54) is 34.2 Å². The highest BCUT2D eigenvalue weighted by Gasteiger charge is 2.22. The van der Waals surface area contributed by atoms with Crippen molar-refractivity contribution in [2.45, 2.75) is 25.3 Å². The van der Waals surface area contributed by atoms with E-state index in [9.17, 15) is 0 Å². The van der Waals surface area contributed by atoms with Gasteiger partial charge in [-0.15, -0.1) is 11.3 Å². The molecule has 1 N–H and O–H groups in total. The van der Waals surface area contributed by atoms with Gasteiger partial charge in [0.25, 0.3) is 0 Å². The quantitative estimate of drug-likeness (QED) is 0.882. The van der Waals surface area contributed by atoms with Crippen LogP contribution >= 0.6 is 38.6 Å². The van der Waals surface area contributed by atoms with Crippen molar-refractivity contribution < 1.29 is 0 Å². The minimum absolute atomic E-state index is 0.339. The molecule has 0 spiro atoms. The first-order valence-electron chi connectivity index (χ1n) is 5.80. The van der Waals surface area contributed by atoms with E-state index in [-0.39, 0.29) is 0 Å². The molecule has 2 heterocycles. The molecule has 3 rings (SSSR count). The summed E-state index contributed by atoms with van der Waals surface area (Å²) >= 11 is 7.37. The molecule has 2 aromatic rings. The van der Waals surface area contributed by atoms with Gasteiger partial charge < -0.3 is 5.32 Å². The number of aryl methyl sites for hydroxylation is 2. The first-order chi connectivity index (χ1) is 8.29. The number of halogens is 1. The lowest BCUT2D eigenvalue weighted by Gasteiger charge is -2.14. The maximum absolute atomic E-state index is 3.64. The SMILES string of the molecule is CNC(c1cc2c(s1)CCC2)c1cscc1Br. The Morgan fingerprint density at radius 2 is 2.24 bits per heavy atom. The molecule has 17 heavy (non-hydrogen) atoms. The highest BCUT2D eigenvalue weighted by molar-refractivity contribution is 9.10. The highest BCUT2D eigenvalue weighted by atomic mass is 79.9. The van der Waals surface area contributed by atoms with E-state index in [1.807, 2.05) is 18.4 Å². The third kappa shape index (κ3) is 2.12. The summed E-state index contributed by atoms with van der Waals surface area (Å²) in [7, 11) is 2.04. The van der Waals surface area contributed by atoms with E-state index in [2.05, 4.69) is 38.1 Å². The first kappa shape index (κ1) is 11.9. The third-order valence-electron chi connectivity index (χ3n) is 3.29. The van der Waals surface area contributed by atoms with Crippen LogP contribution < -0.4 is 5.32 Å². The van der Waals surface area contributed by atoms with Crippen molar-refractivity contribution in [3.8, 4) is 0 Å². The van der Waals surface area contributed by atoms with Gasteiger partial charge in [0.05, 0.1) is 6.04 Å². The number of hydrogen-bond donors (Lipinski definition) is 1. The van der Waals surface area contributed by atoms with Crippen molar-refractivity contribution in [1.82, 2.24) is 5.32 Å². The molecule has 1 atom stereocenters. The van der Waals surface area contributed by atoms with Crippen LogP contribution in [0.25, 0.3) is 0 Å². The van der Waals surface area contributed by atoms with Crippen molar-refractivity contribution in [1.29, 1.82) is 0 Å². The number of nitrogens with one attached hydrogen (secondary N) is 1. The minimum Gasteiger partial charge on any atom is -0.309 e. The Bertz CT molecular complexity index is 508. The van der Waals surface area contributed by atoms with E-state index in [4.69, 9.17) is 0 Å². The predicted molar refractivity (Wildman–Crippen MR) is 79.3 cm³/mol. The van der Waals surface area contributed by atoms with E-state index < -0.39 is 0 Å². The molecule has 2 aromatic heterocycles. The Hall–Kier alpha value is -0.160. The summed E-state index contributed by atoms with van der Waals surface area (Å²) < 4.78 is 1.22. The third-order valence-corrected chi connectivity index (χ3v) is 6.35. The molecular formula is C13H14BrNS2. The number of thiophene rings is 2. The van der Waals surface area contributed by atoms with Crippen LogP contribution in [-0.2, 0) is 12.8 Å². The van der Waals surface area contributed by atoms with Crippen LogP contribution in [0.2, 0.25) is 0 Å². The zero-order valence-electron chi connectivity index (χ0n) is 9.63. The second-order valence-electron chi connectivity index (χ2n) is 4.35. The fraction of sp³-hybridized carbons (Fsp3) is 0.385. The molecule has 0 saturated heterocycles. The van der Waals surface area contributed by atoms with Gasteiger partial charge in [0.2, 0.25) is 0 Å². The van der Waals surface area contributed by atoms with Crippen LogP contribution in [0.3, 0.4) is 0 Å². The van der Waals surface area contributed by atoms with Crippen LogP contribution in [-0.4, -0.2) is 7.05 Å². The molecule has 90 valence electrons. The van der Waals surface area contributed by atoms with Crippen LogP contribution in [0.15, 0.2) is 21.3 Å². The molecular weight excluding hydrogens is 314 g/mol. The lowest BCUT2D eigenvalue weighted by Crippen LogP contribution is -2.16. The van der Waals surface area contributed by atoms with E-state index in [0.29, 0.717) is 6.04 Å². The maximum Gasteiger partial charge on any atom is 0.0688 e. The van der Waals surface area contributed by atoms with Gasteiger partial charge in [0, 0.05) is 19.6 Å². The van der Waals surface area contributed by atoms with Gasteiger partial charge in [-0.05, 0) is 64.8 Å². The van der Waals surface area contributed by atoms with Crippen molar-refractivity contribution in [3.63, 3.8) is 0 Å². The Labute approximate surface area is 118 Å². The molecule has 0 aromatic carbocycles. The van der Waals surface area contributed by atoms with Crippen molar-refractivity contribution in [2.24, 2.45) is 0 Å². The zero-order chi connectivity index (χ0) is 11.8. The van der Waals surface area contributed by atoms with E-state index in [0.717, 1.165) is 0 Å². The molecule has 0 amide bonds. The lowest BCUT2D eigenvalue weighted by atomic mass is 10.1. The summed E-state index contributed by atoms with van der Waals surface area (Å²) in [6, 6.07) is 2.74. The van der Waals surface area contributed by atoms with Crippen LogP contribution in [0.5, 0.6) is 0 Å². The topological polar surface area (TPSA) is 12.0 Å². The first-order valence-corrected chi connectivity index (χ1v) is 8.35. The molecule has 0 radical (unpaired) electrons. The van der Waals surface area contributed by atoms with Crippen LogP contribution in [0, 0.1) is 0 Å². The molecule has 0 bridgehead atoms. The normalized spacial score (nSPS) is 16.1. The Morgan fingerprint density at radius 3 is 2.88 bits per heavy atom. The summed E-state index contributed by atoms with van der Waals surface area (Å²) in [4.78, 5) is 3.06. The van der Waals surface area contributed by atoms with Gasteiger partial charge in [-0.2, -0.15) is 11.3 Å². The maximum atomic E-state index is 3.64. The molecule has 1 aliphatic rings. The smallest absolute Gasteiger partial charge is 0.0688 e. The number of hydrogen-bond acceptors (Lipinski definition) is 3. The Balaban J connectivity index is 1.97. The summed E-state index contributed by atoms with van der Waals surface area (Å²) in [6.45, 7) is 0. The minimum atomic E-state index is 0.339. The predicted octanol–water partition coefficient (Wildman–Crippen LogP) is 4.37. The molecule has 0 aliphatic heterocycles. The largest absolute Gasteiger partial charge is 0.309 e. The second-order valence-corrected chi connectivity index (χ2v) is 7.11. The summed E-state index contributed by atoms with van der Waals surface area (Å²) in [5.74, 6) is 0. The van der Waals surface area contributed by atoms with Gasteiger partial charge in [-0.25, -0.2) is 0 Å². The van der Waals surface area contributed by atoms with E-state index in [1.54, 1.807) is 21.8 Å². The molecule has 4 heteroatoms. The summed E-state index contributed by atoms with van der Waals surface area (Å²) in [6.07, 6.45) is 3.89. The fourth-order valence-electron chi connectivity index (χ4n) is 2.44. The number of fused-ring (bicyclic) bond motifs is 1. The van der Waals surface area contributed by atoms with Crippen LogP contribution in [0.1, 0.15) is 33.3 Å². The van der Waals surface area contributed by atoms with Crippen molar-refractivity contribution >= 4 is 38.6 Å². The standard InChI is InChI=1S/C13H14BrNS2/c1-15-13(9-6-16-7-10(9)14)12-5-8-3-2-4-11(8)17-12/h5-7,13,15H,2-4H2,1H3. The van der Waals surface area contributed by atoms with E-state index >= 15 is 0 Å². The molecule has 0 saturated carbocycles. The average Bonchev–Trinajstić information content (AvgIpc) is 2.96. The molecule has 1 unspecified atom stereocenters. The molecule has 1 aliphatic carbocycles. The average molecular weight is 328 g/mol. The summed E-state index contributed by atoms with van der Waals surface area (Å²) in [5.41, 5.74) is 2.94. The second kappa shape index (κ2) is 4.84. The monoisotopic (exact) mass is 327 g/mol. The Morgan fingerprint density at radius 1 is 1.35 bits per heavy atom. The van der Waals surface area contributed by atoms with Crippen molar-refractivity contribution in [3.05, 3.63) is 42.2 Å². The lowest BCUT2D eigenvalue weighted by molar-refractivity contribution is 0.703. The van der Waals surface area contributed by atoms with Gasteiger partial charge in [-0.3, -0.25) is 0 Å². The van der Waals surface area contributed by atoms with Gasteiger partial charge >= 0.3 is 0 Å². The zero-order valence-corrected chi connectivity index (χ0v) is 12.8. The molecule has 0 fully saturated rings. The summed E-state index contributed by atoms with van der Waals surface area (Å²) in [5, 5.41) is 7.82.